The number of alkyl carbamates (subject to hydrolysis) is 4. The van der Waals surface area contributed by atoms with Gasteiger partial charge in [0.15, 0.2) is 12.6 Å². The Balaban J connectivity index is 2.07. The lowest BCUT2D eigenvalue weighted by atomic mass is 9.83. The fourth-order valence-corrected chi connectivity index (χ4v) is 7.21. The summed E-state index contributed by atoms with van der Waals surface area (Å²) in [7, 11) is 0. The summed E-state index contributed by atoms with van der Waals surface area (Å²) in [6, 6.07) is -5.12. The van der Waals surface area contributed by atoms with Crippen molar-refractivity contribution in [2.24, 2.45) is 5.73 Å². The number of nitrogens with one attached hydrogen (secondary N) is 5. The summed E-state index contributed by atoms with van der Waals surface area (Å²) in [5.41, 5.74) is 2.30. The van der Waals surface area contributed by atoms with E-state index in [0.717, 1.165) is 0 Å². The van der Waals surface area contributed by atoms with Gasteiger partial charge in [-0.3, -0.25) is 4.79 Å². The first kappa shape index (κ1) is 56.5. The van der Waals surface area contributed by atoms with E-state index < -0.39 is 145 Å². The molecule has 6 unspecified atom stereocenters. The molecular formula is C42H76N6O18. The van der Waals surface area contributed by atoms with Crippen LogP contribution in [0, 0.1) is 0 Å². The van der Waals surface area contributed by atoms with Crippen molar-refractivity contribution < 1.29 is 87.4 Å². The van der Waals surface area contributed by atoms with Gasteiger partial charge in [-0.05, 0) is 109 Å². The molecule has 0 aromatic rings. The van der Waals surface area contributed by atoms with Crippen LogP contribution in [0.4, 0.5) is 19.2 Å². The largest absolute Gasteiger partial charge is 0.444 e. The maximum Gasteiger partial charge on any atom is 0.408 e. The van der Waals surface area contributed by atoms with Crippen molar-refractivity contribution >= 4 is 30.3 Å². The molecule has 0 radical (unpaired) electrons. The molecule has 1 saturated carbocycles. The zero-order valence-corrected chi connectivity index (χ0v) is 40.2. The van der Waals surface area contributed by atoms with Crippen molar-refractivity contribution in [3.8, 4) is 0 Å². The molecule has 2 saturated heterocycles. The molecule has 66 heavy (non-hydrogen) atoms. The van der Waals surface area contributed by atoms with Crippen molar-refractivity contribution in [2.45, 2.75) is 217 Å². The Hall–Kier alpha value is -3.85. The van der Waals surface area contributed by atoms with Crippen molar-refractivity contribution in [1.82, 2.24) is 26.6 Å². The van der Waals surface area contributed by atoms with Crippen molar-refractivity contribution in [1.29, 1.82) is 0 Å². The van der Waals surface area contributed by atoms with Gasteiger partial charge in [-0.25, -0.2) is 19.2 Å². The normalized spacial score (nSPS) is 31.3. The number of aliphatic hydroxyl groups excluding tert-OH is 5. The molecule has 14 atom stereocenters. The third-order valence-electron chi connectivity index (χ3n) is 9.96. The number of hydrogen-bond donors (Lipinski definition) is 11. The Bertz CT molecular complexity index is 1610. The van der Waals surface area contributed by atoms with E-state index in [1.807, 2.05) is 0 Å². The molecule has 1 aliphatic carbocycles. The Kier molecular flexibility index (Phi) is 20.1. The Morgan fingerprint density at radius 1 is 0.621 bits per heavy atom. The van der Waals surface area contributed by atoms with Crippen molar-refractivity contribution in [3.05, 3.63) is 0 Å². The number of carbonyl (C=O) groups is 5. The molecule has 3 fully saturated rings. The molecule has 382 valence electrons. The number of hydrogen-bond acceptors (Lipinski definition) is 19. The lowest BCUT2D eigenvalue weighted by Crippen LogP contribution is -2.70. The van der Waals surface area contributed by atoms with Gasteiger partial charge in [0, 0.05) is 13.1 Å². The molecule has 2 heterocycles. The summed E-state index contributed by atoms with van der Waals surface area (Å²) < 4.78 is 46.2. The van der Waals surface area contributed by atoms with Gasteiger partial charge in [0.25, 0.3) is 0 Å². The highest BCUT2D eigenvalue weighted by Crippen LogP contribution is 2.33. The fraction of sp³-hybridized carbons (Fsp3) is 0.881. The van der Waals surface area contributed by atoms with E-state index in [1.165, 1.54) is 0 Å². The molecule has 0 aromatic heterocycles. The van der Waals surface area contributed by atoms with Crippen molar-refractivity contribution in [3.63, 3.8) is 0 Å². The lowest BCUT2D eigenvalue weighted by molar-refractivity contribution is -0.316. The van der Waals surface area contributed by atoms with Gasteiger partial charge in [-0.15, -0.1) is 0 Å². The Morgan fingerprint density at radius 3 is 1.59 bits per heavy atom. The van der Waals surface area contributed by atoms with Crippen LogP contribution >= 0.6 is 0 Å². The lowest BCUT2D eigenvalue weighted by Gasteiger charge is -2.49. The van der Waals surface area contributed by atoms with E-state index in [9.17, 15) is 49.5 Å². The van der Waals surface area contributed by atoms with E-state index in [4.69, 9.17) is 43.6 Å². The molecule has 12 N–H and O–H groups in total. The highest BCUT2D eigenvalue weighted by atomic mass is 16.7. The second-order valence-corrected chi connectivity index (χ2v) is 20.6. The van der Waals surface area contributed by atoms with Crippen LogP contribution in [0.25, 0.3) is 0 Å². The summed E-state index contributed by atoms with van der Waals surface area (Å²) in [5, 5.41) is 69.1. The highest BCUT2D eigenvalue weighted by molar-refractivity contribution is 5.81. The molecule has 0 aromatic carbocycles. The van der Waals surface area contributed by atoms with Gasteiger partial charge in [0.1, 0.15) is 65.1 Å². The van der Waals surface area contributed by atoms with E-state index >= 15 is 0 Å². The maximum absolute atomic E-state index is 13.7. The van der Waals surface area contributed by atoms with Crippen molar-refractivity contribution in [2.75, 3.05) is 19.7 Å². The Labute approximate surface area is 385 Å². The SMILES string of the molecule is CC(C)(C)OC(=O)NCC[C@H](O)C(=O)N[C@@H]1C[C@H](NC(=O)OC(C)(C)C)C(O[C@@H]2OC(CN)CCC2NC(=O)OC(C)(C)C)C(O)[C@@H]1O[C@@H]1OC(CO)[C@H](O)[C@H](NC(=O)OC(C)(C)C)C1O. The molecule has 24 heteroatoms. The first-order valence-electron chi connectivity index (χ1n) is 22.2. The summed E-state index contributed by atoms with van der Waals surface area (Å²) in [4.78, 5) is 65.2. The fourth-order valence-electron chi connectivity index (χ4n) is 7.21. The topological polar surface area (TPSA) is 347 Å². The Morgan fingerprint density at radius 2 is 1.09 bits per heavy atom. The molecule has 2 aliphatic heterocycles. The average molecular weight is 953 g/mol. The molecule has 3 aliphatic rings. The van der Waals surface area contributed by atoms with Gasteiger partial charge in [0.2, 0.25) is 5.91 Å². The second kappa shape index (κ2) is 23.4. The maximum atomic E-state index is 13.7. The number of amides is 5. The van der Waals surface area contributed by atoms with E-state index in [1.54, 1.807) is 83.1 Å². The first-order valence-corrected chi connectivity index (χ1v) is 22.2. The predicted molar refractivity (Wildman–Crippen MR) is 231 cm³/mol. The zero-order chi connectivity index (χ0) is 50.1. The standard InChI is InChI=1S/C42H76N6O18/c1-39(2,3)63-35(55)44-16-15-24(50)32(54)45-22-17-23(47-37(57)65-41(7,8)9)31(61-33-21(14-13-20(18-43)59-33)46-36(56)64-40(4,5)6)29(53)30(22)62-34-28(52)26(27(51)25(19-49)60-34)48-38(58)66-42(10,11)12/h20-31,33-34,49-53H,13-19,43H2,1-12H3,(H,44,55)(H,45,54)(H,46,56)(H,47,57)(H,48,58)/t20?,21?,22-,23+,24+,25?,26+,27+,28?,29?,30-,31?,33+,34+/m1/s1. The average Bonchev–Trinajstić information content (AvgIpc) is 3.14. The van der Waals surface area contributed by atoms with Crippen LogP contribution in [0.2, 0.25) is 0 Å². The molecule has 5 amide bonds. The third kappa shape index (κ3) is 18.3. The molecule has 0 bridgehead atoms. The number of rotatable bonds is 14. The zero-order valence-electron chi connectivity index (χ0n) is 40.2. The van der Waals surface area contributed by atoms with Gasteiger partial charge >= 0.3 is 24.4 Å². The van der Waals surface area contributed by atoms with Crippen LogP contribution in [-0.4, -0.2) is 183 Å². The first-order chi connectivity index (χ1) is 30.3. The van der Waals surface area contributed by atoms with Gasteiger partial charge in [-0.1, -0.05) is 0 Å². The van der Waals surface area contributed by atoms with Crippen LogP contribution in [0.5, 0.6) is 0 Å². The van der Waals surface area contributed by atoms with Gasteiger partial charge in [-0.2, -0.15) is 0 Å². The minimum Gasteiger partial charge on any atom is -0.444 e. The third-order valence-corrected chi connectivity index (χ3v) is 9.96. The van der Waals surface area contributed by atoms with Gasteiger partial charge in [0.05, 0.1) is 36.9 Å². The van der Waals surface area contributed by atoms with Crippen LogP contribution in [0.1, 0.15) is 109 Å². The molecule has 3 rings (SSSR count). The molecule has 24 nitrogen and oxygen atoms in total. The quantitative estimate of drug-likeness (QED) is 0.101. The molecular weight excluding hydrogens is 876 g/mol. The predicted octanol–water partition coefficient (Wildman–Crippen LogP) is -0.135. The van der Waals surface area contributed by atoms with Crippen LogP contribution < -0.4 is 32.3 Å². The highest BCUT2D eigenvalue weighted by Gasteiger charge is 2.53. The number of aliphatic hydroxyl groups is 5. The van der Waals surface area contributed by atoms with Crippen LogP contribution in [0.3, 0.4) is 0 Å². The van der Waals surface area contributed by atoms with E-state index in [2.05, 4.69) is 26.6 Å². The second-order valence-electron chi connectivity index (χ2n) is 20.6. The summed E-state index contributed by atoms with van der Waals surface area (Å²) in [6.07, 6.45) is -19.4. The van der Waals surface area contributed by atoms with E-state index in [0.29, 0.717) is 6.42 Å². The van der Waals surface area contributed by atoms with E-state index in [-0.39, 0.29) is 32.4 Å². The minimum atomic E-state index is -1.92. The summed E-state index contributed by atoms with van der Waals surface area (Å²) >= 11 is 0. The van der Waals surface area contributed by atoms with Crippen LogP contribution in [-0.2, 0) is 42.7 Å². The monoisotopic (exact) mass is 953 g/mol. The number of ether oxygens (including phenoxy) is 8. The minimum absolute atomic E-state index is 0.0502. The summed E-state index contributed by atoms with van der Waals surface area (Å²) in [6.45, 7) is 18.7. The smallest absolute Gasteiger partial charge is 0.408 e. The van der Waals surface area contributed by atoms with Crippen LogP contribution in [0.15, 0.2) is 0 Å². The van der Waals surface area contributed by atoms with Gasteiger partial charge < -0.3 is 95.7 Å². The number of carbonyl (C=O) groups excluding carboxylic acids is 5. The molecule has 0 spiro atoms. The summed E-state index contributed by atoms with van der Waals surface area (Å²) in [5.74, 6) is -1.01. The number of nitrogens with two attached hydrogens (primary N) is 1.